The number of Topliss-reactive ketones (excluding diaryl/α,β-unsaturated/α-hetero) is 1. The second-order valence-corrected chi connectivity index (χ2v) is 9.50. The summed E-state index contributed by atoms with van der Waals surface area (Å²) in [4.78, 5) is 41.2. The number of allylic oxidation sites excluding steroid dienone is 3. The number of methoxy groups -OCH3 is 3. The Hall–Kier alpha value is -4.27. The van der Waals surface area contributed by atoms with Gasteiger partial charge < -0.3 is 29.0 Å². The third kappa shape index (κ3) is 5.28. The quantitative estimate of drug-likeness (QED) is 0.359. The highest BCUT2D eigenvalue weighted by atomic mass is 16.5. The van der Waals surface area contributed by atoms with E-state index in [2.05, 4.69) is 5.32 Å². The van der Waals surface area contributed by atoms with Gasteiger partial charge >= 0.3 is 11.9 Å². The van der Waals surface area contributed by atoms with Crippen LogP contribution in [0.25, 0.3) is 0 Å². The van der Waals surface area contributed by atoms with E-state index in [1.165, 1.54) is 14.2 Å². The first kappa shape index (κ1) is 28.7. The highest BCUT2D eigenvalue weighted by Gasteiger charge is 2.49. The van der Waals surface area contributed by atoms with E-state index < -0.39 is 35.5 Å². The van der Waals surface area contributed by atoms with Gasteiger partial charge in [0.15, 0.2) is 5.78 Å². The number of dihydropyridines is 1. The van der Waals surface area contributed by atoms with Crippen molar-refractivity contribution in [1.29, 1.82) is 0 Å². The number of benzene rings is 2. The summed E-state index contributed by atoms with van der Waals surface area (Å²) in [5.74, 6) is -2.41. The van der Waals surface area contributed by atoms with Crippen molar-refractivity contribution in [2.75, 3.05) is 34.5 Å². The molecule has 0 bridgehead atoms. The molecule has 40 heavy (non-hydrogen) atoms. The molecule has 1 heterocycles. The van der Waals surface area contributed by atoms with Crippen molar-refractivity contribution >= 4 is 17.7 Å². The van der Waals surface area contributed by atoms with Crippen molar-refractivity contribution in [2.24, 2.45) is 5.92 Å². The number of carbonyl (C=O) groups excluding carboxylic acids is 3. The van der Waals surface area contributed by atoms with Crippen molar-refractivity contribution in [2.45, 2.75) is 39.0 Å². The SMILES string of the molecule is CCOC(=O)C1=C(C)NC2=C(C(=O)C(C(=O)OCC)C(c3ccc(OC)cc3)C2)C1c1cc(OC)ccc1OC. The first-order valence-corrected chi connectivity index (χ1v) is 13.2. The van der Waals surface area contributed by atoms with E-state index >= 15 is 0 Å². The molecule has 2 aromatic carbocycles. The van der Waals surface area contributed by atoms with Gasteiger partial charge in [0.05, 0.1) is 46.0 Å². The lowest BCUT2D eigenvalue weighted by molar-refractivity contribution is -0.152. The molecular formula is C31H35NO8. The summed E-state index contributed by atoms with van der Waals surface area (Å²) in [5.41, 5.74) is 3.12. The van der Waals surface area contributed by atoms with Crippen LogP contribution in [-0.2, 0) is 23.9 Å². The van der Waals surface area contributed by atoms with Crippen molar-refractivity contribution in [3.63, 3.8) is 0 Å². The maximum Gasteiger partial charge on any atom is 0.336 e. The van der Waals surface area contributed by atoms with E-state index in [9.17, 15) is 14.4 Å². The summed E-state index contributed by atoms with van der Waals surface area (Å²) in [6, 6.07) is 12.5. The molecule has 0 amide bonds. The minimum absolute atomic E-state index is 0.127. The number of rotatable bonds is 9. The number of carbonyl (C=O) groups is 3. The fraction of sp³-hybridized carbons (Fsp3) is 0.387. The zero-order valence-corrected chi connectivity index (χ0v) is 23.7. The Morgan fingerprint density at radius 1 is 0.900 bits per heavy atom. The van der Waals surface area contributed by atoms with Gasteiger partial charge in [0.2, 0.25) is 0 Å². The number of esters is 2. The van der Waals surface area contributed by atoms with E-state index in [0.717, 1.165) is 5.56 Å². The van der Waals surface area contributed by atoms with Crippen molar-refractivity contribution in [3.8, 4) is 17.2 Å². The first-order chi connectivity index (χ1) is 19.3. The summed E-state index contributed by atoms with van der Waals surface area (Å²) >= 11 is 0. The van der Waals surface area contributed by atoms with E-state index in [0.29, 0.717) is 46.2 Å². The Kier molecular flexibility index (Phi) is 8.82. The maximum atomic E-state index is 14.5. The van der Waals surface area contributed by atoms with E-state index in [1.54, 1.807) is 58.2 Å². The van der Waals surface area contributed by atoms with Crippen LogP contribution < -0.4 is 19.5 Å². The number of nitrogens with one attached hydrogen (secondary N) is 1. The standard InChI is InChI=1S/C31H35NO8/c1-7-39-30(34)25-17(3)32-23-16-21(18-9-11-19(36-4)12-10-18)27(31(35)40-8-2)29(33)28(23)26(25)22-15-20(37-5)13-14-24(22)38-6/h9-15,21,26-27,32H,7-8,16H2,1-6H3. The summed E-state index contributed by atoms with van der Waals surface area (Å²) < 4.78 is 27.3. The predicted molar refractivity (Wildman–Crippen MR) is 147 cm³/mol. The summed E-state index contributed by atoms with van der Waals surface area (Å²) in [6.45, 7) is 5.48. The van der Waals surface area contributed by atoms with Crippen molar-refractivity contribution < 1.29 is 38.1 Å². The van der Waals surface area contributed by atoms with Crippen LogP contribution in [0.4, 0.5) is 0 Å². The Morgan fingerprint density at radius 2 is 1.55 bits per heavy atom. The summed E-state index contributed by atoms with van der Waals surface area (Å²) in [6.07, 6.45) is 0.340. The Labute approximate surface area is 234 Å². The van der Waals surface area contributed by atoms with Gasteiger partial charge in [0.25, 0.3) is 0 Å². The van der Waals surface area contributed by atoms with Crippen LogP contribution >= 0.6 is 0 Å². The Balaban J connectivity index is 1.95. The summed E-state index contributed by atoms with van der Waals surface area (Å²) in [5, 5.41) is 3.31. The average molecular weight is 550 g/mol. The fourth-order valence-electron chi connectivity index (χ4n) is 5.56. The monoisotopic (exact) mass is 549 g/mol. The van der Waals surface area contributed by atoms with Gasteiger partial charge in [-0.25, -0.2) is 4.79 Å². The molecule has 0 saturated heterocycles. The summed E-state index contributed by atoms with van der Waals surface area (Å²) in [7, 11) is 4.63. The van der Waals surface area contributed by atoms with Crippen LogP contribution in [-0.4, -0.2) is 52.3 Å². The van der Waals surface area contributed by atoms with Crippen LogP contribution in [0.3, 0.4) is 0 Å². The molecule has 0 fully saturated rings. The predicted octanol–water partition coefficient (Wildman–Crippen LogP) is 4.43. The van der Waals surface area contributed by atoms with Crippen LogP contribution in [0, 0.1) is 5.92 Å². The number of hydrogen-bond acceptors (Lipinski definition) is 9. The van der Waals surface area contributed by atoms with Gasteiger partial charge in [-0.15, -0.1) is 0 Å². The second kappa shape index (κ2) is 12.3. The average Bonchev–Trinajstić information content (AvgIpc) is 2.96. The second-order valence-electron chi connectivity index (χ2n) is 9.50. The van der Waals surface area contributed by atoms with Gasteiger partial charge in [0, 0.05) is 28.4 Å². The largest absolute Gasteiger partial charge is 0.497 e. The van der Waals surface area contributed by atoms with Crippen LogP contribution in [0.5, 0.6) is 17.2 Å². The molecule has 4 rings (SSSR count). The molecule has 0 radical (unpaired) electrons. The molecule has 1 N–H and O–H groups in total. The topological polar surface area (TPSA) is 109 Å². The van der Waals surface area contributed by atoms with E-state index in [1.807, 2.05) is 12.1 Å². The van der Waals surface area contributed by atoms with Crippen LogP contribution in [0.1, 0.15) is 50.2 Å². The molecule has 0 aromatic heterocycles. The number of ketones is 1. The van der Waals surface area contributed by atoms with Crippen LogP contribution in [0.15, 0.2) is 65.0 Å². The van der Waals surface area contributed by atoms with Gasteiger partial charge in [-0.05, 0) is 63.1 Å². The molecule has 2 aliphatic rings. The highest BCUT2D eigenvalue weighted by molar-refractivity contribution is 6.13. The Bertz CT molecular complexity index is 1360. The number of ether oxygens (including phenoxy) is 5. The zero-order valence-electron chi connectivity index (χ0n) is 23.7. The van der Waals surface area contributed by atoms with Crippen molar-refractivity contribution in [1.82, 2.24) is 5.32 Å². The third-order valence-electron chi connectivity index (χ3n) is 7.35. The smallest absolute Gasteiger partial charge is 0.336 e. The third-order valence-corrected chi connectivity index (χ3v) is 7.35. The molecule has 9 heteroatoms. The molecule has 1 aliphatic carbocycles. The zero-order chi connectivity index (χ0) is 29.0. The van der Waals surface area contributed by atoms with E-state index in [-0.39, 0.29) is 18.8 Å². The van der Waals surface area contributed by atoms with Gasteiger partial charge in [-0.1, -0.05) is 12.1 Å². The first-order valence-electron chi connectivity index (χ1n) is 13.2. The molecule has 1 aliphatic heterocycles. The minimum Gasteiger partial charge on any atom is -0.497 e. The molecule has 9 nitrogen and oxygen atoms in total. The van der Waals surface area contributed by atoms with Gasteiger partial charge in [-0.3, -0.25) is 9.59 Å². The molecule has 0 spiro atoms. The van der Waals surface area contributed by atoms with Gasteiger partial charge in [0.1, 0.15) is 23.2 Å². The van der Waals surface area contributed by atoms with Crippen molar-refractivity contribution in [3.05, 3.63) is 76.1 Å². The maximum absolute atomic E-state index is 14.5. The molecule has 3 atom stereocenters. The molecular weight excluding hydrogens is 514 g/mol. The fourth-order valence-corrected chi connectivity index (χ4v) is 5.56. The highest BCUT2D eigenvalue weighted by Crippen LogP contribution is 2.50. The lowest BCUT2D eigenvalue weighted by Crippen LogP contribution is -2.43. The lowest BCUT2D eigenvalue weighted by Gasteiger charge is -2.39. The van der Waals surface area contributed by atoms with Gasteiger partial charge in [-0.2, -0.15) is 0 Å². The van der Waals surface area contributed by atoms with Crippen LogP contribution in [0.2, 0.25) is 0 Å². The minimum atomic E-state index is -1.12. The molecule has 0 saturated carbocycles. The molecule has 212 valence electrons. The normalized spacial score (nSPS) is 20.4. The number of hydrogen-bond donors (Lipinski definition) is 1. The Morgan fingerprint density at radius 3 is 2.15 bits per heavy atom. The van der Waals surface area contributed by atoms with E-state index in [4.69, 9.17) is 23.7 Å². The molecule has 2 aromatic rings. The molecule has 3 unspecified atom stereocenters. The lowest BCUT2D eigenvalue weighted by atomic mass is 9.67.